The molecular weight excluding hydrogens is 252 g/mol. The Morgan fingerprint density at radius 3 is 2.95 bits per heavy atom. The van der Waals surface area contributed by atoms with E-state index in [4.69, 9.17) is 0 Å². The number of aromatic nitrogens is 1. The summed E-state index contributed by atoms with van der Waals surface area (Å²) in [6, 6.07) is 6.94. The summed E-state index contributed by atoms with van der Waals surface area (Å²) in [7, 11) is 0. The average molecular weight is 274 g/mol. The second-order valence-electron chi connectivity index (χ2n) is 4.90. The molecule has 1 atom stereocenters. The highest BCUT2D eigenvalue weighted by molar-refractivity contribution is 7.10. The molecule has 2 rings (SSSR count). The lowest BCUT2D eigenvalue weighted by Gasteiger charge is -2.17. The molecule has 19 heavy (non-hydrogen) atoms. The molecule has 2 nitrogen and oxygen atoms in total. The van der Waals surface area contributed by atoms with Gasteiger partial charge in [-0.2, -0.15) is 0 Å². The summed E-state index contributed by atoms with van der Waals surface area (Å²) >= 11 is 1.84. The maximum Gasteiger partial charge on any atom is 0.0331 e. The smallest absolute Gasteiger partial charge is 0.0331 e. The first kappa shape index (κ1) is 14.2. The molecule has 0 bridgehead atoms. The van der Waals surface area contributed by atoms with Crippen molar-refractivity contribution in [2.45, 2.75) is 39.2 Å². The Hall–Kier alpha value is -1.19. The highest BCUT2D eigenvalue weighted by Gasteiger charge is 2.12. The molecule has 0 amide bonds. The van der Waals surface area contributed by atoms with Gasteiger partial charge < -0.3 is 5.32 Å². The first-order valence-corrected chi connectivity index (χ1v) is 7.85. The van der Waals surface area contributed by atoms with Gasteiger partial charge in [-0.1, -0.05) is 13.0 Å². The molecule has 0 aliphatic carbocycles. The van der Waals surface area contributed by atoms with E-state index >= 15 is 0 Å². The van der Waals surface area contributed by atoms with Crippen LogP contribution < -0.4 is 5.32 Å². The van der Waals surface area contributed by atoms with Crippen molar-refractivity contribution >= 4 is 11.3 Å². The molecule has 1 N–H and O–H groups in total. The van der Waals surface area contributed by atoms with E-state index in [-0.39, 0.29) is 0 Å². The maximum atomic E-state index is 4.18. The van der Waals surface area contributed by atoms with Crippen molar-refractivity contribution in [3.05, 3.63) is 52.0 Å². The molecule has 0 fully saturated rings. The Labute approximate surface area is 119 Å². The molecule has 2 aromatic heterocycles. The molecule has 0 saturated heterocycles. The summed E-state index contributed by atoms with van der Waals surface area (Å²) in [5.74, 6) is 0. The fourth-order valence-corrected chi connectivity index (χ4v) is 2.97. The fourth-order valence-electron chi connectivity index (χ4n) is 2.21. The predicted molar refractivity (Wildman–Crippen MR) is 82.6 cm³/mol. The Bertz CT molecular complexity index is 479. The van der Waals surface area contributed by atoms with E-state index < -0.39 is 0 Å². The van der Waals surface area contributed by atoms with Gasteiger partial charge in [0.05, 0.1) is 0 Å². The van der Waals surface area contributed by atoms with Crippen molar-refractivity contribution < 1.29 is 0 Å². The van der Waals surface area contributed by atoms with Crippen LogP contribution in [0, 0.1) is 6.92 Å². The van der Waals surface area contributed by atoms with Gasteiger partial charge in [-0.05, 0) is 61.4 Å². The molecule has 0 radical (unpaired) electrons. The Morgan fingerprint density at radius 2 is 2.32 bits per heavy atom. The zero-order valence-corrected chi connectivity index (χ0v) is 12.5. The summed E-state index contributed by atoms with van der Waals surface area (Å²) in [6.07, 6.45) is 7.17. The molecule has 0 aromatic carbocycles. The number of nitrogens with one attached hydrogen (secondary N) is 1. The normalized spacial score (nSPS) is 12.5. The van der Waals surface area contributed by atoms with Gasteiger partial charge in [0.2, 0.25) is 0 Å². The van der Waals surface area contributed by atoms with Crippen LogP contribution in [0.1, 0.15) is 41.8 Å². The molecule has 2 aromatic rings. The number of hydrogen-bond acceptors (Lipinski definition) is 3. The number of aryl methyl sites for hydroxylation is 2. The number of nitrogens with zero attached hydrogens (tertiary/aromatic N) is 1. The highest BCUT2D eigenvalue weighted by Crippen LogP contribution is 2.24. The number of pyridine rings is 1. The molecule has 0 saturated carbocycles. The van der Waals surface area contributed by atoms with Crippen molar-refractivity contribution in [2.24, 2.45) is 0 Å². The van der Waals surface area contributed by atoms with Gasteiger partial charge in [0.15, 0.2) is 0 Å². The Kier molecular flexibility index (Phi) is 5.55. The third-order valence-electron chi connectivity index (χ3n) is 3.24. The van der Waals surface area contributed by atoms with Crippen LogP contribution in [-0.2, 0) is 6.42 Å². The molecule has 102 valence electrons. The molecule has 2 heterocycles. The van der Waals surface area contributed by atoms with Crippen LogP contribution in [0.2, 0.25) is 0 Å². The molecule has 3 heteroatoms. The van der Waals surface area contributed by atoms with Crippen LogP contribution in [0.15, 0.2) is 36.0 Å². The van der Waals surface area contributed by atoms with E-state index in [0.29, 0.717) is 6.04 Å². The van der Waals surface area contributed by atoms with Crippen LogP contribution in [-0.4, -0.2) is 11.5 Å². The molecular formula is C16H22N2S. The Morgan fingerprint density at radius 1 is 1.42 bits per heavy atom. The van der Waals surface area contributed by atoms with Gasteiger partial charge in [0.25, 0.3) is 0 Å². The van der Waals surface area contributed by atoms with Crippen molar-refractivity contribution in [2.75, 3.05) is 6.54 Å². The monoisotopic (exact) mass is 274 g/mol. The molecule has 1 unspecified atom stereocenters. The lowest BCUT2D eigenvalue weighted by atomic mass is 10.0. The minimum Gasteiger partial charge on any atom is -0.310 e. The minimum absolute atomic E-state index is 0.463. The van der Waals surface area contributed by atoms with E-state index in [9.17, 15) is 0 Å². The number of thiophene rings is 1. The fraction of sp³-hybridized carbons (Fsp3) is 0.438. The van der Waals surface area contributed by atoms with E-state index in [1.807, 2.05) is 29.8 Å². The third-order valence-corrected chi connectivity index (χ3v) is 4.12. The predicted octanol–water partition coefficient (Wildman–Crippen LogP) is 4.13. The largest absolute Gasteiger partial charge is 0.310 e. The average Bonchev–Trinajstić information content (AvgIpc) is 2.86. The first-order chi connectivity index (χ1) is 9.29. The van der Waals surface area contributed by atoms with E-state index in [0.717, 1.165) is 19.4 Å². The summed E-state index contributed by atoms with van der Waals surface area (Å²) in [5.41, 5.74) is 2.75. The summed E-state index contributed by atoms with van der Waals surface area (Å²) in [4.78, 5) is 5.57. The second-order valence-corrected chi connectivity index (χ2v) is 6.01. The quantitative estimate of drug-likeness (QED) is 0.821. The van der Waals surface area contributed by atoms with Crippen LogP contribution >= 0.6 is 11.3 Å². The first-order valence-electron chi connectivity index (χ1n) is 6.97. The zero-order chi connectivity index (χ0) is 13.5. The second kappa shape index (κ2) is 7.41. The van der Waals surface area contributed by atoms with Crippen molar-refractivity contribution in [1.29, 1.82) is 0 Å². The lowest BCUT2D eigenvalue weighted by Crippen LogP contribution is -2.22. The van der Waals surface area contributed by atoms with Crippen molar-refractivity contribution in [3.8, 4) is 0 Å². The minimum atomic E-state index is 0.463. The van der Waals surface area contributed by atoms with Crippen molar-refractivity contribution in [3.63, 3.8) is 0 Å². The molecule has 0 aliphatic heterocycles. The number of rotatable bonds is 7. The Balaban J connectivity index is 1.98. The van der Waals surface area contributed by atoms with E-state index in [1.165, 1.54) is 22.4 Å². The van der Waals surface area contributed by atoms with Crippen LogP contribution in [0.5, 0.6) is 0 Å². The maximum absolute atomic E-state index is 4.18. The molecule has 0 spiro atoms. The third kappa shape index (κ3) is 4.44. The van der Waals surface area contributed by atoms with E-state index in [2.05, 4.69) is 41.7 Å². The van der Waals surface area contributed by atoms with Gasteiger partial charge in [0.1, 0.15) is 0 Å². The summed E-state index contributed by atoms with van der Waals surface area (Å²) in [6.45, 7) is 5.46. The van der Waals surface area contributed by atoms with E-state index in [1.54, 1.807) is 0 Å². The van der Waals surface area contributed by atoms with Gasteiger partial charge in [-0.3, -0.25) is 4.98 Å². The highest BCUT2D eigenvalue weighted by atomic mass is 32.1. The zero-order valence-electron chi connectivity index (χ0n) is 11.7. The van der Waals surface area contributed by atoms with Gasteiger partial charge >= 0.3 is 0 Å². The summed E-state index contributed by atoms with van der Waals surface area (Å²) < 4.78 is 0. The number of hydrogen-bond donors (Lipinski definition) is 1. The summed E-state index contributed by atoms with van der Waals surface area (Å²) in [5, 5.41) is 5.94. The molecule has 0 aliphatic rings. The SMILES string of the molecule is CCCNC(CCc1cccnc1)c1csc(C)c1. The van der Waals surface area contributed by atoms with Crippen LogP contribution in [0.3, 0.4) is 0 Å². The van der Waals surface area contributed by atoms with Crippen molar-refractivity contribution in [1.82, 2.24) is 10.3 Å². The standard InChI is InChI=1S/C16H22N2S/c1-3-8-18-16(15-10-13(2)19-12-15)7-6-14-5-4-9-17-11-14/h4-5,9-12,16,18H,3,6-8H2,1-2H3. The van der Waals surface area contributed by atoms with Gasteiger partial charge in [-0.15, -0.1) is 11.3 Å². The lowest BCUT2D eigenvalue weighted by molar-refractivity contribution is 0.500. The van der Waals surface area contributed by atoms with Gasteiger partial charge in [-0.25, -0.2) is 0 Å². The van der Waals surface area contributed by atoms with Crippen LogP contribution in [0.25, 0.3) is 0 Å². The van der Waals surface area contributed by atoms with Crippen LogP contribution in [0.4, 0.5) is 0 Å². The van der Waals surface area contributed by atoms with Gasteiger partial charge in [0, 0.05) is 23.3 Å². The topological polar surface area (TPSA) is 24.9 Å².